The van der Waals surface area contributed by atoms with Crippen molar-refractivity contribution in [3.63, 3.8) is 0 Å². The Balaban J connectivity index is 1.18. The topological polar surface area (TPSA) is 85.1 Å². The zero-order valence-electron chi connectivity index (χ0n) is 19.8. The predicted molar refractivity (Wildman–Crippen MR) is 129 cm³/mol. The molecule has 0 spiro atoms. The van der Waals surface area contributed by atoms with Crippen molar-refractivity contribution in [2.45, 2.75) is 31.8 Å². The number of oxazole rings is 1. The highest BCUT2D eigenvalue weighted by molar-refractivity contribution is 5.96. The van der Waals surface area contributed by atoms with E-state index in [0.29, 0.717) is 50.5 Å². The summed E-state index contributed by atoms with van der Waals surface area (Å²) in [5.74, 6) is 1.10. The van der Waals surface area contributed by atoms with Crippen molar-refractivity contribution < 1.29 is 23.5 Å². The molecule has 5 rings (SSSR count). The van der Waals surface area contributed by atoms with Crippen LogP contribution in [0.4, 0.5) is 4.79 Å². The first-order valence-corrected chi connectivity index (χ1v) is 12.0. The van der Waals surface area contributed by atoms with Crippen molar-refractivity contribution in [1.82, 2.24) is 14.8 Å². The molecule has 1 fully saturated rings. The highest BCUT2D eigenvalue weighted by atomic mass is 16.5. The van der Waals surface area contributed by atoms with E-state index >= 15 is 0 Å². The van der Waals surface area contributed by atoms with E-state index in [1.54, 1.807) is 18.3 Å². The van der Waals surface area contributed by atoms with Gasteiger partial charge in [0.1, 0.15) is 12.0 Å². The van der Waals surface area contributed by atoms with Crippen molar-refractivity contribution in [2.75, 3.05) is 33.4 Å². The Bertz CT molecular complexity index is 1190. The number of hydrogen-bond acceptors (Lipinski definition) is 6. The molecule has 0 bridgehead atoms. The van der Waals surface area contributed by atoms with Crippen LogP contribution in [0, 0.1) is 0 Å². The lowest BCUT2D eigenvalue weighted by Gasteiger charge is -2.35. The van der Waals surface area contributed by atoms with E-state index in [1.807, 2.05) is 36.4 Å². The van der Waals surface area contributed by atoms with Crippen molar-refractivity contribution in [3.05, 3.63) is 71.6 Å². The van der Waals surface area contributed by atoms with Crippen LogP contribution in [0.15, 0.2) is 59.2 Å². The zero-order valence-corrected chi connectivity index (χ0v) is 19.8. The minimum atomic E-state index is -0.246. The zero-order chi connectivity index (χ0) is 24.2. The van der Waals surface area contributed by atoms with Gasteiger partial charge in [0.15, 0.2) is 0 Å². The van der Waals surface area contributed by atoms with Gasteiger partial charge in [0.05, 0.1) is 25.5 Å². The number of carbonyl (C=O) groups is 2. The summed E-state index contributed by atoms with van der Waals surface area (Å²) in [5, 5.41) is 0. The van der Waals surface area contributed by atoms with E-state index in [9.17, 15) is 9.59 Å². The highest BCUT2D eigenvalue weighted by Gasteiger charge is 2.32. The summed E-state index contributed by atoms with van der Waals surface area (Å²) in [4.78, 5) is 33.2. The molecule has 3 amide bonds. The maximum absolute atomic E-state index is 13.1. The fraction of sp³-hybridized carbons (Fsp3) is 0.370. The van der Waals surface area contributed by atoms with Crippen LogP contribution in [0.2, 0.25) is 0 Å². The molecule has 2 aromatic carbocycles. The SMILES string of the molecule is COc1ccc(-c2nc(CCN3C(=O)CCN(CCC4OCCc5ccccc54)C3=O)co2)cc1. The molecule has 3 heterocycles. The molecule has 1 saturated heterocycles. The van der Waals surface area contributed by atoms with Gasteiger partial charge in [-0.1, -0.05) is 24.3 Å². The predicted octanol–water partition coefficient (Wildman–Crippen LogP) is 4.25. The van der Waals surface area contributed by atoms with E-state index in [4.69, 9.17) is 13.9 Å². The highest BCUT2D eigenvalue weighted by Crippen LogP contribution is 2.30. The first-order chi connectivity index (χ1) is 17.1. The third kappa shape index (κ3) is 5.07. The number of nitrogens with zero attached hydrogens (tertiary/aromatic N) is 3. The van der Waals surface area contributed by atoms with Crippen molar-refractivity contribution in [2.24, 2.45) is 0 Å². The number of ether oxygens (including phenoxy) is 2. The van der Waals surface area contributed by atoms with Gasteiger partial charge in [-0.3, -0.25) is 9.69 Å². The number of hydrogen-bond donors (Lipinski definition) is 0. The van der Waals surface area contributed by atoms with E-state index in [1.165, 1.54) is 16.0 Å². The molecule has 1 atom stereocenters. The van der Waals surface area contributed by atoms with Crippen LogP contribution in [0.1, 0.15) is 35.8 Å². The number of carbonyl (C=O) groups excluding carboxylic acids is 2. The number of amides is 3. The van der Waals surface area contributed by atoms with Crippen LogP contribution >= 0.6 is 0 Å². The Morgan fingerprint density at radius 1 is 1.06 bits per heavy atom. The van der Waals surface area contributed by atoms with Crippen molar-refractivity contribution >= 4 is 11.9 Å². The van der Waals surface area contributed by atoms with Crippen LogP contribution < -0.4 is 4.74 Å². The fourth-order valence-corrected chi connectivity index (χ4v) is 4.67. The lowest BCUT2D eigenvalue weighted by molar-refractivity contribution is -0.131. The Morgan fingerprint density at radius 3 is 2.71 bits per heavy atom. The van der Waals surface area contributed by atoms with Gasteiger partial charge < -0.3 is 18.8 Å². The number of fused-ring (bicyclic) bond motifs is 1. The number of rotatable bonds is 8. The molecule has 2 aliphatic heterocycles. The number of benzene rings is 2. The van der Waals surface area contributed by atoms with Gasteiger partial charge in [-0.05, 0) is 48.2 Å². The molecule has 0 N–H and O–H groups in total. The third-order valence-corrected chi connectivity index (χ3v) is 6.63. The molecule has 0 aliphatic carbocycles. The number of imide groups is 1. The van der Waals surface area contributed by atoms with Crippen molar-refractivity contribution in [3.8, 4) is 17.2 Å². The van der Waals surface area contributed by atoms with Crippen molar-refractivity contribution in [1.29, 1.82) is 0 Å². The summed E-state index contributed by atoms with van der Waals surface area (Å²) in [5.41, 5.74) is 4.04. The van der Waals surface area contributed by atoms with Gasteiger partial charge in [-0.2, -0.15) is 0 Å². The summed E-state index contributed by atoms with van der Waals surface area (Å²) >= 11 is 0. The molecule has 8 heteroatoms. The van der Waals surface area contributed by atoms with Crippen LogP contribution in [0.25, 0.3) is 11.5 Å². The molecule has 0 radical (unpaired) electrons. The molecular weight excluding hydrogens is 446 g/mol. The molecule has 1 unspecified atom stereocenters. The molecular formula is C27H29N3O5. The summed E-state index contributed by atoms with van der Waals surface area (Å²) in [7, 11) is 1.62. The minimum Gasteiger partial charge on any atom is -0.497 e. The second kappa shape index (κ2) is 10.3. The van der Waals surface area contributed by atoms with E-state index in [-0.39, 0.29) is 24.6 Å². The van der Waals surface area contributed by atoms with Gasteiger partial charge in [-0.25, -0.2) is 9.78 Å². The number of methoxy groups -OCH3 is 1. The Kier molecular flexibility index (Phi) is 6.81. The lowest BCUT2D eigenvalue weighted by Crippen LogP contribution is -2.53. The maximum Gasteiger partial charge on any atom is 0.326 e. The maximum atomic E-state index is 13.1. The summed E-state index contributed by atoms with van der Waals surface area (Å²) in [6, 6.07) is 15.5. The molecule has 8 nitrogen and oxygen atoms in total. The molecule has 2 aliphatic rings. The van der Waals surface area contributed by atoms with Crippen LogP contribution in [0.5, 0.6) is 5.75 Å². The quantitative estimate of drug-likeness (QED) is 0.484. The van der Waals surface area contributed by atoms with Gasteiger partial charge in [0.2, 0.25) is 11.8 Å². The van der Waals surface area contributed by atoms with Gasteiger partial charge in [0, 0.05) is 38.0 Å². The largest absolute Gasteiger partial charge is 0.497 e. The van der Waals surface area contributed by atoms with E-state index < -0.39 is 0 Å². The standard InChI is InChI=1S/C27H29N3O5/c1-33-22-8-6-20(7-9-22)26-28-21(18-35-26)10-16-30-25(31)12-15-29(27(30)32)14-11-24-23-5-3-2-4-19(23)13-17-34-24/h2-9,18,24H,10-17H2,1H3. The minimum absolute atomic E-state index is 0.0228. The molecule has 35 heavy (non-hydrogen) atoms. The Labute approximate surface area is 204 Å². The van der Waals surface area contributed by atoms with E-state index in [2.05, 4.69) is 17.1 Å². The average Bonchev–Trinajstić information content (AvgIpc) is 3.37. The molecule has 3 aromatic rings. The summed E-state index contributed by atoms with van der Waals surface area (Å²) in [6.45, 7) is 1.95. The normalized spacial score (nSPS) is 18.0. The average molecular weight is 476 g/mol. The number of aromatic nitrogens is 1. The Morgan fingerprint density at radius 2 is 1.89 bits per heavy atom. The smallest absolute Gasteiger partial charge is 0.326 e. The first kappa shape index (κ1) is 23.1. The molecule has 1 aromatic heterocycles. The van der Waals surface area contributed by atoms with Gasteiger partial charge in [-0.15, -0.1) is 0 Å². The van der Waals surface area contributed by atoms with Crippen LogP contribution in [-0.4, -0.2) is 60.1 Å². The monoisotopic (exact) mass is 475 g/mol. The number of urea groups is 1. The third-order valence-electron chi connectivity index (χ3n) is 6.63. The lowest BCUT2D eigenvalue weighted by atomic mass is 9.95. The second-order valence-corrected chi connectivity index (χ2v) is 8.78. The second-order valence-electron chi connectivity index (χ2n) is 8.78. The van der Waals surface area contributed by atoms with Crippen LogP contribution in [0.3, 0.4) is 0 Å². The van der Waals surface area contributed by atoms with Gasteiger partial charge >= 0.3 is 6.03 Å². The van der Waals surface area contributed by atoms with Crippen LogP contribution in [-0.2, 0) is 22.4 Å². The summed E-state index contributed by atoms with van der Waals surface area (Å²) in [6.07, 6.45) is 3.94. The van der Waals surface area contributed by atoms with Gasteiger partial charge in [0.25, 0.3) is 0 Å². The fourth-order valence-electron chi connectivity index (χ4n) is 4.67. The Hall–Kier alpha value is -3.65. The van der Waals surface area contributed by atoms with E-state index in [0.717, 1.165) is 17.7 Å². The first-order valence-electron chi connectivity index (χ1n) is 12.0. The molecule has 182 valence electrons. The summed E-state index contributed by atoms with van der Waals surface area (Å²) < 4.78 is 16.8. The molecule has 0 saturated carbocycles.